The van der Waals surface area contributed by atoms with Crippen LogP contribution in [-0.4, -0.2) is 24.2 Å². The van der Waals surface area contributed by atoms with Gasteiger partial charge in [-0.1, -0.05) is 17.3 Å². The lowest BCUT2D eigenvalue weighted by atomic mass is 10.1. The van der Waals surface area contributed by atoms with Crippen LogP contribution in [-0.2, 0) is 0 Å². The molecular formula is C12H13ClFN3O2. The van der Waals surface area contributed by atoms with Crippen molar-refractivity contribution >= 4 is 18.3 Å². The van der Waals surface area contributed by atoms with Crippen LogP contribution in [0.3, 0.4) is 0 Å². The van der Waals surface area contributed by atoms with Gasteiger partial charge in [0, 0.05) is 13.1 Å². The number of rotatable bonds is 4. The molecule has 1 amide bonds. The minimum absolute atomic E-state index is 0. The summed E-state index contributed by atoms with van der Waals surface area (Å²) in [5.41, 5.74) is 6.39. The van der Waals surface area contributed by atoms with Crippen LogP contribution in [0.5, 0.6) is 0 Å². The lowest BCUT2D eigenvalue weighted by Gasteiger charge is -2.02. The lowest BCUT2D eigenvalue weighted by Crippen LogP contribution is -2.29. The van der Waals surface area contributed by atoms with Gasteiger partial charge in [-0.2, -0.15) is 0 Å². The fourth-order valence-electron chi connectivity index (χ4n) is 1.53. The number of nitrogens with two attached hydrogens (primary N) is 1. The molecule has 1 aromatic heterocycles. The van der Waals surface area contributed by atoms with Gasteiger partial charge in [-0.25, -0.2) is 4.39 Å². The second kappa shape index (κ2) is 6.86. The van der Waals surface area contributed by atoms with Crippen LogP contribution in [0.4, 0.5) is 4.39 Å². The summed E-state index contributed by atoms with van der Waals surface area (Å²) in [5.74, 6) is -0.782. The number of carbonyl (C=O) groups is 1. The number of nitrogens with one attached hydrogen (secondary N) is 1. The summed E-state index contributed by atoms with van der Waals surface area (Å²) in [6.45, 7) is 0.674. The van der Waals surface area contributed by atoms with Gasteiger partial charge in [-0.3, -0.25) is 4.79 Å². The Labute approximate surface area is 115 Å². The summed E-state index contributed by atoms with van der Waals surface area (Å²) in [5, 5.41) is 6.20. The highest BCUT2D eigenvalue weighted by molar-refractivity contribution is 5.98. The van der Waals surface area contributed by atoms with E-state index in [4.69, 9.17) is 10.3 Å². The zero-order valence-corrected chi connectivity index (χ0v) is 10.7. The number of hydrogen-bond acceptors (Lipinski definition) is 4. The zero-order valence-electron chi connectivity index (χ0n) is 9.93. The van der Waals surface area contributed by atoms with Gasteiger partial charge in [0.25, 0.3) is 5.91 Å². The average Bonchev–Trinajstić information content (AvgIpc) is 2.85. The molecule has 0 aliphatic rings. The second-order valence-corrected chi connectivity index (χ2v) is 3.63. The molecule has 19 heavy (non-hydrogen) atoms. The smallest absolute Gasteiger partial charge is 0.274 e. The van der Waals surface area contributed by atoms with E-state index in [0.717, 1.165) is 0 Å². The van der Waals surface area contributed by atoms with Crippen molar-refractivity contribution < 1.29 is 13.7 Å². The molecule has 2 rings (SSSR count). The molecule has 0 atom stereocenters. The van der Waals surface area contributed by atoms with Crippen LogP contribution in [0.15, 0.2) is 35.1 Å². The molecule has 0 unspecified atom stereocenters. The Morgan fingerprint density at radius 3 is 2.95 bits per heavy atom. The molecule has 0 aliphatic carbocycles. The van der Waals surface area contributed by atoms with E-state index >= 15 is 0 Å². The number of nitrogens with zero attached hydrogens (tertiary/aromatic N) is 1. The predicted molar refractivity (Wildman–Crippen MR) is 70.5 cm³/mol. The maximum absolute atomic E-state index is 13.1. The van der Waals surface area contributed by atoms with E-state index in [-0.39, 0.29) is 23.9 Å². The highest BCUT2D eigenvalue weighted by atomic mass is 35.5. The molecule has 0 spiro atoms. The topological polar surface area (TPSA) is 81.1 Å². The second-order valence-electron chi connectivity index (χ2n) is 3.63. The molecule has 1 heterocycles. The van der Waals surface area contributed by atoms with Crippen LogP contribution in [0.1, 0.15) is 10.5 Å². The summed E-state index contributed by atoms with van der Waals surface area (Å²) in [7, 11) is 0. The molecule has 0 fully saturated rings. The van der Waals surface area contributed by atoms with Crippen molar-refractivity contribution in [3.05, 3.63) is 42.0 Å². The summed E-state index contributed by atoms with van der Waals surface area (Å²) in [6, 6.07) is 5.87. The highest BCUT2D eigenvalue weighted by Crippen LogP contribution is 2.23. The lowest BCUT2D eigenvalue weighted by molar-refractivity contribution is 0.0946. The van der Waals surface area contributed by atoms with E-state index in [1.54, 1.807) is 12.1 Å². The van der Waals surface area contributed by atoms with Gasteiger partial charge < -0.3 is 15.6 Å². The molecule has 7 heteroatoms. The number of benzene rings is 1. The number of carbonyl (C=O) groups excluding carboxylic acids is 1. The Morgan fingerprint density at radius 2 is 2.26 bits per heavy atom. The van der Waals surface area contributed by atoms with Crippen molar-refractivity contribution in [1.82, 2.24) is 10.5 Å². The van der Waals surface area contributed by atoms with E-state index in [1.165, 1.54) is 18.4 Å². The van der Waals surface area contributed by atoms with E-state index < -0.39 is 5.91 Å². The predicted octanol–water partition coefficient (Wildman–Crippen LogP) is 1.59. The van der Waals surface area contributed by atoms with E-state index in [9.17, 15) is 9.18 Å². The van der Waals surface area contributed by atoms with Crippen LogP contribution in [0.25, 0.3) is 11.1 Å². The van der Waals surface area contributed by atoms with Gasteiger partial charge in [-0.05, 0) is 17.7 Å². The Balaban J connectivity index is 0.00000180. The molecule has 102 valence electrons. The van der Waals surface area contributed by atoms with Crippen molar-refractivity contribution in [2.24, 2.45) is 5.73 Å². The van der Waals surface area contributed by atoms with E-state index in [2.05, 4.69) is 10.5 Å². The Bertz CT molecular complexity index is 559. The van der Waals surface area contributed by atoms with Crippen molar-refractivity contribution in [2.45, 2.75) is 0 Å². The SMILES string of the molecule is Cl.NCCNC(=O)c1nocc1-c1cccc(F)c1. The summed E-state index contributed by atoms with van der Waals surface area (Å²) in [4.78, 5) is 11.8. The first-order valence-corrected chi connectivity index (χ1v) is 5.41. The summed E-state index contributed by atoms with van der Waals surface area (Å²) >= 11 is 0. The molecule has 0 radical (unpaired) electrons. The first-order chi connectivity index (χ1) is 8.72. The fourth-order valence-corrected chi connectivity index (χ4v) is 1.53. The van der Waals surface area contributed by atoms with E-state index in [1.807, 2.05) is 0 Å². The van der Waals surface area contributed by atoms with Gasteiger partial charge >= 0.3 is 0 Å². The maximum atomic E-state index is 13.1. The molecule has 0 bridgehead atoms. The standard InChI is InChI=1S/C12H12FN3O2.ClH/c13-9-3-1-2-8(6-9)10-7-18-16-11(10)12(17)15-5-4-14;/h1-3,6-7H,4-5,14H2,(H,15,17);1H. The third-order valence-corrected chi connectivity index (χ3v) is 2.35. The van der Waals surface area contributed by atoms with Crippen LogP contribution >= 0.6 is 12.4 Å². The van der Waals surface area contributed by atoms with Crippen molar-refractivity contribution in [1.29, 1.82) is 0 Å². The third-order valence-electron chi connectivity index (χ3n) is 2.35. The minimum Gasteiger partial charge on any atom is -0.363 e. The van der Waals surface area contributed by atoms with E-state index in [0.29, 0.717) is 24.2 Å². The first kappa shape index (κ1) is 15.1. The van der Waals surface area contributed by atoms with Crippen molar-refractivity contribution in [3.63, 3.8) is 0 Å². The van der Waals surface area contributed by atoms with Gasteiger partial charge in [0.2, 0.25) is 0 Å². The summed E-state index contributed by atoms with van der Waals surface area (Å²) in [6.07, 6.45) is 1.31. The Hall–Kier alpha value is -1.92. The number of halogens is 2. The average molecular weight is 286 g/mol. The number of amides is 1. The molecule has 0 saturated carbocycles. The van der Waals surface area contributed by atoms with Crippen LogP contribution in [0.2, 0.25) is 0 Å². The number of hydrogen-bond donors (Lipinski definition) is 2. The Morgan fingerprint density at radius 1 is 1.47 bits per heavy atom. The van der Waals surface area contributed by atoms with Crippen LogP contribution in [0, 0.1) is 5.82 Å². The quantitative estimate of drug-likeness (QED) is 0.894. The van der Waals surface area contributed by atoms with Gasteiger partial charge in [0.1, 0.15) is 12.1 Å². The van der Waals surface area contributed by atoms with Crippen molar-refractivity contribution in [3.8, 4) is 11.1 Å². The summed E-state index contributed by atoms with van der Waals surface area (Å²) < 4.78 is 17.9. The Kier molecular flexibility index (Phi) is 5.47. The van der Waals surface area contributed by atoms with Crippen molar-refractivity contribution in [2.75, 3.05) is 13.1 Å². The molecule has 0 saturated heterocycles. The normalized spacial score (nSPS) is 9.79. The van der Waals surface area contributed by atoms with Gasteiger partial charge in [0.05, 0.1) is 5.56 Å². The largest absolute Gasteiger partial charge is 0.363 e. The molecule has 0 aliphatic heterocycles. The third kappa shape index (κ3) is 3.52. The molecule has 2 aromatic rings. The molecule has 3 N–H and O–H groups in total. The van der Waals surface area contributed by atoms with Gasteiger partial charge in [-0.15, -0.1) is 12.4 Å². The highest BCUT2D eigenvalue weighted by Gasteiger charge is 2.17. The first-order valence-electron chi connectivity index (χ1n) is 5.41. The fraction of sp³-hybridized carbons (Fsp3) is 0.167. The minimum atomic E-state index is -0.395. The molecule has 1 aromatic carbocycles. The van der Waals surface area contributed by atoms with Gasteiger partial charge in [0.15, 0.2) is 5.69 Å². The monoisotopic (exact) mass is 285 g/mol. The molecular weight excluding hydrogens is 273 g/mol. The maximum Gasteiger partial charge on any atom is 0.274 e. The number of aromatic nitrogens is 1. The van der Waals surface area contributed by atoms with Crippen LogP contribution < -0.4 is 11.1 Å². The molecule has 5 nitrogen and oxygen atoms in total. The zero-order chi connectivity index (χ0) is 13.0.